The second kappa shape index (κ2) is 5.69. The topological polar surface area (TPSA) is 64.1 Å². The van der Waals surface area contributed by atoms with Gasteiger partial charge in [-0.25, -0.2) is 4.98 Å². The van der Waals surface area contributed by atoms with Gasteiger partial charge in [-0.1, -0.05) is 13.0 Å². The lowest BCUT2D eigenvalue weighted by molar-refractivity contribution is 0.444. The van der Waals surface area contributed by atoms with Gasteiger partial charge in [0.05, 0.1) is 12.3 Å². The maximum atomic E-state index is 5.96. The van der Waals surface area contributed by atoms with Crippen LogP contribution in [0.1, 0.15) is 36.3 Å². The summed E-state index contributed by atoms with van der Waals surface area (Å²) in [6, 6.07) is 5.80. The van der Waals surface area contributed by atoms with Gasteiger partial charge >= 0.3 is 0 Å². The number of pyridine rings is 1. The Morgan fingerprint density at radius 1 is 1.44 bits per heavy atom. The maximum Gasteiger partial charge on any atom is 0.128 e. The van der Waals surface area contributed by atoms with Gasteiger partial charge in [0.15, 0.2) is 0 Å². The van der Waals surface area contributed by atoms with E-state index in [1.54, 1.807) is 12.5 Å². The Labute approximate surface area is 107 Å². The van der Waals surface area contributed by atoms with E-state index in [-0.39, 0.29) is 6.04 Å². The summed E-state index contributed by atoms with van der Waals surface area (Å²) < 4.78 is 5.59. The summed E-state index contributed by atoms with van der Waals surface area (Å²) in [7, 11) is 0. The number of rotatable bonds is 5. The second-order valence-electron chi connectivity index (χ2n) is 4.33. The van der Waals surface area contributed by atoms with Gasteiger partial charge in [0.25, 0.3) is 0 Å². The van der Waals surface area contributed by atoms with Crippen molar-refractivity contribution in [3.63, 3.8) is 0 Å². The van der Waals surface area contributed by atoms with Crippen LogP contribution in [-0.2, 0) is 0 Å². The molecule has 0 saturated heterocycles. The minimum atomic E-state index is -0.0337. The molecule has 0 aromatic carbocycles. The highest BCUT2D eigenvalue weighted by Gasteiger charge is 2.20. The van der Waals surface area contributed by atoms with E-state index in [0.717, 1.165) is 29.9 Å². The van der Waals surface area contributed by atoms with Gasteiger partial charge in [-0.05, 0) is 37.6 Å². The molecule has 0 aliphatic carbocycles. The van der Waals surface area contributed by atoms with Gasteiger partial charge in [0.2, 0.25) is 0 Å². The van der Waals surface area contributed by atoms with Crippen molar-refractivity contribution < 1.29 is 4.42 Å². The summed E-state index contributed by atoms with van der Waals surface area (Å²) in [4.78, 5) is 4.14. The molecule has 18 heavy (non-hydrogen) atoms. The van der Waals surface area contributed by atoms with Crippen molar-refractivity contribution in [3.8, 4) is 0 Å². The Kier molecular flexibility index (Phi) is 3.99. The molecule has 0 radical (unpaired) electrons. The molecule has 2 aromatic heterocycles. The van der Waals surface area contributed by atoms with Crippen molar-refractivity contribution in [2.45, 2.75) is 26.3 Å². The van der Waals surface area contributed by atoms with Crippen LogP contribution >= 0.6 is 0 Å². The zero-order valence-corrected chi connectivity index (χ0v) is 10.8. The molecule has 1 unspecified atom stereocenters. The van der Waals surface area contributed by atoms with Gasteiger partial charge < -0.3 is 15.5 Å². The van der Waals surface area contributed by atoms with E-state index in [0.29, 0.717) is 5.82 Å². The molecule has 0 spiro atoms. The van der Waals surface area contributed by atoms with Gasteiger partial charge in [-0.3, -0.25) is 0 Å². The second-order valence-corrected chi connectivity index (χ2v) is 4.33. The number of furan rings is 1. The van der Waals surface area contributed by atoms with E-state index in [1.807, 2.05) is 25.1 Å². The highest BCUT2D eigenvalue weighted by Crippen LogP contribution is 2.28. The number of aromatic nitrogens is 1. The number of aryl methyl sites for hydroxylation is 1. The van der Waals surface area contributed by atoms with Crippen LogP contribution in [0.25, 0.3) is 0 Å². The minimum absolute atomic E-state index is 0.0337. The zero-order chi connectivity index (χ0) is 13.0. The number of nitrogen functional groups attached to an aromatic ring is 1. The van der Waals surface area contributed by atoms with Gasteiger partial charge in [-0.2, -0.15) is 0 Å². The molecule has 4 heteroatoms. The summed E-state index contributed by atoms with van der Waals surface area (Å²) in [5.74, 6) is 1.45. The van der Waals surface area contributed by atoms with E-state index in [1.165, 1.54) is 0 Å². The highest BCUT2D eigenvalue weighted by atomic mass is 16.3. The first-order chi connectivity index (χ1) is 8.74. The van der Waals surface area contributed by atoms with Crippen molar-refractivity contribution in [2.24, 2.45) is 0 Å². The molecule has 2 aromatic rings. The molecule has 96 valence electrons. The molecule has 1 atom stereocenters. The number of hydrogen-bond acceptors (Lipinski definition) is 4. The third kappa shape index (κ3) is 2.54. The van der Waals surface area contributed by atoms with E-state index in [2.05, 4.69) is 17.2 Å². The monoisotopic (exact) mass is 245 g/mol. The van der Waals surface area contributed by atoms with E-state index >= 15 is 0 Å². The maximum absolute atomic E-state index is 5.96. The normalized spacial score (nSPS) is 12.6. The van der Waals surface area contributed by atoms with Gasteiger partial charge in [-0.15, -0.1) is 0 Å². The molecule has 4 nitrogen and oxygen atoms in total. The van der Waals surface area contributed by atoms with Crippen LogP contribution in [-0.4, -0.2) is 11.5 Å². The standard InChI is InChI=1S/C14H19N3O/c1-3-7-16-12(13-10(2)6-9-18-13)11-5-4-8-17-14(11)15/h4-6,8-9,12,16H,3,7H2,1-2H3,(H2,15,17). The van der Waals surface area contributed by atoms with Crippen molar-refractivity contribution in [3.05, 3.63) is 47.5 Å². The fourth-order valence-electron chi connectivity index (χ4n) is 1.99. The van der Waals surface area contributed by atoms with Gasteiger partial charge in [0, 0.05) is 11.8 Å². The average Bonchev–Trinajstić information content (AvgIpc) is 2.78. The summed E-state index contributed by atoms with van der Waals surface area (Å²) in [5.41, 5.74) is 8.04. The average molecular weight is 245 g/mol. The van der Waals surface area contributed by atoms with Gasteiger partial charge in [0.1, 0.15) is 11.6 Å². The lowest BCUT2D eigenvalue weighted by atomic mass is 10.0. The molecule has 2 heterocycles. The molecule has 0 saturated carbocycles. The van der Waals surface area contributed by atoms with Crippen LogP contribution in [0.2, 0.25) is 0 Å². The summed E-state index contributed by atoms with van der Waals surface area (Å²) in [6.45, 7) is 5.07. The van der Waals surface area contributed by atoms with E-state index in [9.17, 15) is 0 Å². The van der Waals surface area contributed by atoms with Crippen LogP contribution in [0.4, 0.5) is 5.82 Å². The highest BCUT2D eigenvalue weighted by molar-refractivity contribution is 5.44. The quantitative estimate of drug-likeness (QED) is 0.850. The molecule has 3 N–H and O–H groups in total. The Hall–Kier alpha value is -1.81. The van der Waals surface area contributed by atoms with Crippen molar-refractivity contribution >= 4 is 5.82 Å². The molecule has 0 aliphatic heterocycles. The third-order valence-electron chi connectivity index (χ3n) is 2.94. The lowest BCUT2D eigenvalue weighted by Crippen LogP contribution is -2.24. The molecule has 0 bridgehead atoms. The first kappa shape index (κ1) is 12.6. The molecular weight excluding hydrogens is 226 g/mol. The first-order valence-corrected chi connectivity index (χ1v) is 6.21. The lowest BCUT2D eigenvalue weighted by Gasteiger charge is -2.18. The van der Waals surface area contributed by atoms with Crippen LogP contribution < -0.4 is 11.1 Å². The summed E-state index contributed by atoms with van der Waals surface area (Å²) >= 11 is 0. The Bertz CT molecular complexity index is 507. The Balaban J connectivity index is 2.37. The SMILES string of the molecule is CCCNC(c1cccnc1N)c1occc1C. The van der Waals surface area contributed by atoms with E-state index < -0.39 is 0 Å². The molecule has 0 aliphatic rings. The Morgan fingerprint density at radius 3 is 2.89 bits per heavy atom. The number of hydrogen-bond donors (Lipinski definition) is 2. The minimum Gasteiger partial charge on any atom is -0.467 e. The summed E-state index contributed by atoms with van der Waals surface area (Å²) in [5, 5.41) is 3.46. The van der Waals surface area contributed by atoms with Crippen LogP contribution in [0.15, 0.2) is 35.1 Å². The zero-order valence-electron chi connectivity index (χ0n) is 10.8. The van der Waals surface area contributed by atoms with Crippen molar-refractivity contribution in [1.82, 2.24) is 10.3 Å². The molecule has 2 rings (SSSR count). The third-order valence-corrected chi connectivity index (χ3v) is 2.94. The smallest absolute Gasteiger partial charge is 0.128 e. The van der Waals surface area contributed by atoms with Crippen molar-refractivity contribution in [1.29, 1.82) is 0 Å². The van der Waals surface area contributed by atoms with Crippen LogP contribution in [0.3, 0.4) is 0 Å². The van der Waals surface area contributed by atoms with Crippen LogP contribution in [0.5, 0.6) is 0 Å². The largest absolute Gasteiger partial charge is 0.467 e. The number of nitrogens with zero attached hydrogens (tertiary/aromatic N) is 1. The molecular formula is C14H19N3O. The summed E-state index contributed by atoms with van der Waals surface area (Å²) in [6.07, 6.45) is 4.46. The van der Waals surface area contributed by atoms with Crippen LogP contribution in [0, 0.1) is 6.92 Å². The Morgan fingerprint density at radius 2 is 2.28 bits per heavy atom. The fraction of sp³-hybridized carbons (Fsp3) is 0.357. The number of nitrogens with one attached hydrogen (secondary N) is 1. The predicted molar refractivity (Wildman–Crippen MR) is 72.2 cm³/mol. The fourth-order valence-corrected chi connectivity index (χ4v) is 1.99. The number of nitrogens with two attached hydrogens (primary N) is 1. The predicted octanol–water partition coefficient (Wildman–Crippen LogP) is 2.65. The number of anilines is 1. The van der Waals surface area contributed by atoms with E-state index in [4.69, 9.17) is 10.2 Å². The molecule has 0 fully saturated rings. The molecule has 0 amide bonds. The first-order valence-electron chi connectivity index (χ1n) is 6.21. The van der Waals surface area contributed by atoms with Crippen molar-refractivity contribution in [2.75, 3.05) is 12.3 Å².